The van der Waals surface area contributed by atoms with E-state index in [1.165, 1.54) is 22.2 Å². The Morgan fingerprint density at radius 2 is 2.07 bits per heavy atom. The summed E-state index contributed by atoms with van der Waals surface area (Å²) in [5.41, 5.74) is 3.66. The second-order valence-electron chi connectivity index (χ2n) is 8.28. The minimum absolute atomic E-state index is 0.244. The van der Waals surface area contributed by atoms with Crippen molar-refractivity contribution in [3.63, 3.8) is 0 Å². The Labute approximate surface area is 186 Å². The molecule has 1 aliphatic heterocycles. The Hall–Kier alpha value is -1.57. The predicted octanol–water partition coefficient (Wildman–Crippen LogP) is 4.52. The van der Waals surface area contributed by atoms with Crippen LogP contribution in [0.25, 0.3) is 10.2 Å². The number of piperazine rings is 1. The van der Waals surface area contributed by atoms with Crippen LogP contribution in [0.5, 0.6) is 0 Å². The van der Waals surface area contributed by atoms with Gasteiger partial charge in [-0.05, 0) is 47.9 Å². The molecular formula is C23H27ClN4OS. The number of hydrogen-bond donors (Lipinski definition) is 1. The Bertz CT molecular complexity index is 1050. The lowest BCUT2D eigenvalue weighted by Gasteiger charge is -2.35. The van der Waals surface area contributed by atoms with Gasteiger partial charge in [0.05, 0.1) is 18.3 Å². The molecule has 0 radical (unpaired) electrons. The maximum Gasteiger partial charge on any atom is 0.127 e. The molecule has 0 spiro atoms. The first-order chi connectivity index (χ1) is 14.7. The summed E-state index contributed by atoms with van der Waals surface area (Å²) in [4.78, 5) is 12.9. The summed E-state index contributed by atoms with van der Waals surface area (Å²) in [6, 6.07) is 9.02. The largest absolute Gasteiger partial charge is 0.383 e. The number of fused-ring (bicyclic) bond motifs is 1. The van der Waals surface area contributed by atoms with Gasteiger partial charge in [0.1, 0.15) is 10.7 Å². The molecule has 7 heteroatoms. The first-order valence-electron chi connectivity index (χ1n) is 10.6. The number of halogens is 1. The van der Waals surface area contributed by atoms with Gasteiger partial charge in [0.15, 0.2) is 0 Å². The minimum atomic E-state index is 0.244. The fraction of sp³-hybridized carbons (Fsp3) is 0.478. The van der Waals surface area contributed by atoms with E-state index >= 15 is 0 Å². The molecule has 1 N–H and O–H groups in total. The van der Waals surface area contributed by atoms with Crippen molar-refractivity contribution in [1.29, 1.82) is 0 Å². The quantitative estimate of drug-likeness (QED) is 0.608. The number of benzene rings is 1. The molecule has 3 heterocycles. The van der Waals surface area contributed by atoms with Crippen LogP contribution in [0.1, 0.15) is 46.9 Å². The van der Waals surface area contributed by atoms with E-state index in [1.54, 1.807) is 18.4 Å². The number of rotatable bonds is 6. The maximum atomic E-state index is 6.83. The average molecular weight is 443 g/mol. The maximum absolute atomic E-state index is 6.83. The Kier molecular flexibility index (Phi) is 5.77. The number of nitrogens with zero attached hydrogens (tertiary/aromatic N) is 3. The fourth-order valence-electron chi connectivity index (χ4n) is 4.73. The molecule has 1 saturated carbocycles. The van der Waals surface area contributed by atoms with Gasteiger partial charge in [-0.3, -0.25) is 4.90 Å². The lowest BCUT2D eigenvalue weighted by molar-refractivity contribution is 0.0813. The summed E-state index contributed by atoms with van der Waals surface area (Å²) in [6.07, 6.45) is 1.10. The molecule has 1 aromatic carbocycles. The lowest BCUT2D eigenvalue weighted by atomic mass is 10.00. The van der Waals surface area contributed by atoms with Gasteiger partial charge in [0, 0.05) is 49.6 Å². The molecule has 5 nitrogen and oxygen atoms in total. The number of aromatic nitrogens is 2. The molecule has 3 atom stereocenters. The van der Waals surface area contributed by atoms with E-state index in [1.807, 2.05) is 6.92 Å². The van der Waals surface area contributed by atoms with Crippen molar-refractivity contribution in [2.45, 2.75) is 31.2 Å². The van der Waals surface area contributed by atoms with Crippen molar-refractivity contribution in [2.24, 2.45) is 0 Å². The summed E-state index contributed by atoms with van der Waals surface area (Å²) in [6.45, 7) is 6.76. The highest BCUT2D eigenvalue weighted by atomic mass is 35.5. The van der Waals surface area contributed by atoms with E-state index in [9.17, 15) is 0 Å². The topological polar surface area (TPSA) is 50.3 Å². The van der Waals surface area contributed by atoms with Gasteiger partial charge in [-0.25, -0.2) is 9.97 Å². The minimum Gasteiger partial charge on any atom is -0.383 e. The van der Waals surface area contributed by atoms with Gasteiger partial charge in [0.2, 0.25) is 0 Å². The number of methoxy groups -OCH3 is 1. The second kappa shape index (κ2) is 8.52. The van der Waals surface area contributed by atoms with Gasteiger partial charge < -0.3 is 10.1 Å². The smallest absolute Gasteiger partial charge is 0.127 e. The summed E-state index contributed by atoms with van der Waals surface area (Å²) < 4.78 is 5.54. The summed E-state index contributed by atoms with van der Waals surface area (Å²) in [5, 5.41) is 7.59. The van der Waals surface area contributed by atoms with Crippen LogP contribution >= 0.6 is 22.9 Å². The van der Waals surface area contributed by atoms with Gasteiger partial charge in [-0.15, -0.1) is 11.3 Å². The molecule has 1 saturated heterocycles. The van der Waals surface area contributed by atoms with Crippen LogP contribution in [0.4, 0.5) is 0 Å². The SMILES string of the molecule is COC[C@@H](c1ccc([C@H]2C[C@@H]2c2nc(C)nc3sccc23)c(Cl)c1)N1CCNCC1. The van der Waals surface area contributed by atoms with Crippen LogP contribution in [0, 0.1) is 6.92 Å². The molecule has 2 aromatic heterocycles. The van der Waals surface area contributed by atoms with Crippen molar-refractivity contribution in [2.75, 3.05) is 39.9 Å². The summed E-state index contributed by atoms with van der Waals surface area (Å²) in [5.74, 6) is 1.71. The van der Waals surface area contributed by atoms with Crippen LogP contribution in [-0.4, -0.2) is 54.8 Å². The monoisotopic (exact) mass is 442 g/mol. The summed E-state index contributed by atoms with van der Waals surface area (Å²) >= 11 is 8.51. The Morgan fingerprint density at radius 1 is 1.23 bits per heavy atom. The molecule has 0 unspecified atom stereocenters. The lowest BCUT2D eigenvalue weighted by Crippen LogP contribution is -2.46. The van der Waals surface area contributed by atoms with Crippen LogP contribution in [0.2, 0.25) is 5.02 Å². The number of nitrogens with one attached hydrogen (secondary N) is 1. The van der Waals surface area contributed by atoms with Gasteiger partial charge in [-0.1, -0.05) is 23.7 Å². The van der Waals surface area contributed by atoms with E-state index in [2.05, 4.69) is 44.8 Å². The summed E-state index contributed by atoms with van der Waals surface area (Å²) in [7, 11) is 1.77. The van der Waals surface area contributed by atoms with E-state index in [0.29, 0.717) is 18.4 Å². The zero-order chi connectivity index (χ0) is 20.7. The third-order valence-corrected chi connectivity index (χ3v) is 7.47. The van der Waals surface area contributed by atoms with E-state index in [4.69, 9.17) is 21.3 Å². The highest BCUT2D eigenvalue weighted by Gasteiger charge is 2.43. The van der Waals surface area contributed by atoms with Crippen LogP contribution < -0.4 is 5.32 Å². The van der Waals surface area contributed by atoms with Crippen molar-refractivity contribution in [3.05, 3.63) is 57.3 Å². The number of ether oxygens (including phenoxy) is 1. The average Bonchev–Trinajstić information content (AvgIpc) is 3.40. The zero-order valence-corrected chi connectivity index (χ0v) is 19.0. The molecule has 0 bridgehead atoms. The third-order valence-electron chi connectivity index (χ3n) is 6.33. The molecule has 30 heavy (non-hydrogen) atoms. The molecular weight excluding hydrogens is 416 g/mol. The molecule has 3 aromatic rings. The normalized spacial score (nSPS) is 23.0. The van der Waals surface area contributed by atoms with Gasteiger partial charge in [0.25, 0.3) is 0 Å². The van der Waals surface area contributed by atoms with Crippen LogP contribution in [0.3, 0.4) is 0 Å². The molecule has 2 fully saturated rings. The molecule has 158 valence electrons. The van der Waals surface area contributed by atoms with Crippen molar-refractivity contribution in [3.8, 4) is 0 Å². The first kappa shape index (κ1) is 20.3. The van der Waals surface area contributed by atoms with Crippen molar-refractivity contribution < 1.29 is 4.74 Å². The fourth-order valence-corrected chi connectivity index (χ4v) is 5.87. The van der Waals surface area contributed by atoms with Crippen molar-refractivity contribution in [1.82, 2.24) is 20.2 Å². The van der Waals surface area contributed by atoms with Crippen LogP contribution in [-0.2, 0) is 4.74 Å². The first-order valence-corrected chi connectivity index (χ1v) is 11.9. The number of aryl methyl sites for hydroxylation is 1. The zero-order valence-electron chi connectivity index (χ0n) is 17.4. The number of thiophene rings is 1. The Morgan fingerprint density at radius 3 is 2.83 bits per heavy atom. The van der Waals surface area contributed by atoms with Crippen molar-refractivity contribution >= 4 is 33.2 Å². The highest BCUT2D eigenvalue weighted by molar-refractivity contribution is 7.16. The molecule has 0 amide bonds. The van der Waals surface area contributed by atoms with E-state index in [-0.39, 0.29) is 6.04 Å². The molecule has 5 rings (SSSR count). The van der Waals surface area contributed by atoms with Gasteiger partial charge in [-0.2, -0.15) is 0 Å². The Balaban J connectivity index is 1.39. The number of hydrogen-bond acceptors (Lipinski definition) is 6. The van der Waals surface area contributed by atoms with E-state index in [0.717, 1.165) is 48.3 Å². The second-order valence-corrected chi connectivity index (χ2v) is 9.58. The van der Waals surface area contributed by atoms with Crippen LogP contribution in [0.15, 0.2) is 29.6 Å². The highest BCUT2D eigenvalue weighted by Crippen LogP contribution is 2.57. The molecule has 2 aliphatic rings. The predicted molar refractivity (Wildman–Crippen MR) is 123 cm³/mol. The standard InChI is InChI=1S/C23H27ClN4OS/c1-14-26-22(17-5-10-30-23(17)27-14)19-12-18(19)16-4-3-15(11-20(16)24)21(13-29-2)28-8-6-25-7-9-28/h3-5,10-11,18-19,21,25H,6-9,12-13H2,1-2H3/t18-,19+,21+/m1/s1. The third kappa shape index (κ3) is 3.87. The van der Waals surface area contributed by atoms with Gasteiger partial charge >= 0.3 is 0 Å². The molecule has 1 aliphatic carbocycles. The van der Waals surface area contributed by atoms with E-state index < -0.39 is 0 Å².